The summed E-state index contributed by atoms with van der Waals surface area (Å²) in [6.45, 7) is 5.93. The summed E-state index contributed by atoms with van der Waals surface area (Å²) in [6, 6.07) is 0.139. The molecular formula is C11H24N2O2S. The van der Waals surface area contributed by atoms with Crippen molar-refractivity contribution in [1.82, 2.24) is 10.0 Å². The van der Waals surface area contributed by atoms with Crippen molar-refractivity contribution in [2.45, 2.75) is 45.6 Å². The molecule has 0 amide bonds. The molecule has 2 N–H and O–H groups in total. The van der Waals surface area contributed by atoms with Gasteiger partial charge < -0.3 is 5.32 Å². The largest absolute Gasteiger partial charge is 0.317 e. The van der Waals surface area contributed by atoms with Crippen molar-refractivity contribution < 1.29 is 8.42 Å². The molecule has 0 unspecified atom stereocenters. The van der Waals surface area contributed by atoms with Crippen molar-refractivity contribution in [3.8, 4) is 0 Å². The van der Waals surface area contributed by atoms with Gasteiger partial charge in [0.2, 0.25) is 10.0 Å². The first-order valence-corrected chi connectivity index (χ1v) is 7.93. The number of rotatable bonds is 6. The van der Waals surface area contributed by atoms with Gasteiger partial charge in [0.15, 0.2) is 0 Å². The molecule has 0 bridgehead atoms. The minimum Gasteiger partial charge on any atom is -0.317 e. The van der Waals surface area contributed by atoms with E-state index in [2.05, 4.69) is 10.0 Å². The first-order valence-electron chi connectivity index (χ1n) is 6.28. The maximum atomic E-state index is 11.9. The Balaban J connectivity index is 2.43. The maximum Gasteiger partial charge on any atom is 0.212 e. The molecule has 0 saturated carbocycles. The van der Waals surface area contributed by atoms with Crippen LogP contribution in [0.5, 0.6) is 0 Å². The van der Waals surface area contributed by atoms with Crippen LogP contribution in [0.25, 0.3) is 0 Å². The van der Waals surface area contributed by atoms with Crippen LogP contribution in [0.4, 0.5) is 0 Å². The molecular weight excluding hydrogens is 224 g/mol. The molecule has 0 aromatic rings. The van der Waals surface area contributed by atoms with Crippen LogP contribution < -0.4 is 10.0 Å². The second-order valence-corrected chi connectivity index (χ2v) is 6.40. The Hall–Kier alpha value is -0.130. The number of nitrogens with one attached hydrogen (secondary N) is 2. The third-order valence-electron chi connectivity index (χ3n) is 3.30. The van der Waals surface area contributed by atoms with Crippen LogP contribution in [-0.4, -0.2) is 33.3 Å². The smallest absolute Gasteiger partial charge is 0.212 e. The first-order chi connectivity index (χ1) is 7.57. The highest BCUT2D eigenvalue weighted by Gasteiger charge is 2.22. The topological polar surface area (TPSA) is 58.2 Å². The summed E-state index contributed by atoms with van der Waals surface area (Å²) in [5.41, 5.74) is 0. The van der Waals surface area contributed by atoms with Crippen molar-refractivity contribution in [3.63, 3.8) is 0 Å². The highest BCUT2D eigenvalue weighted by molar-refractivity contribution is 7.89. The van der Waals surface area contributed by atoms with Crippen molar-refractivity contribution in [3.05, 3.63) is 0 Å². The van der Waals surface area contributed by atoms with Gasteiger partial charge in [0.25, 0.3) is 0 Å². The molecule has 0 atom stereocenters. The molecule has 0 spiro atoms. The molecule has 0 radical (unpaired) electrons. The lowest BCUT2D eigenvalue weighted by atomic mass is 10.1. The van der Waals surface area contributed by atoms with Crippen LogP contribution in [0.2, 0.25) is 0 Å². The van der Waals surface area contributed by atoms with Crippen molar-refractivity contribution in [2.75, 3.05) is 18.8 Å². The van der Waals surface area contributed by atoms with Gasteiger partial charge in [-0.1, -0.05) is 26.7 Å². The molecule has 1 aliphatic rings. The third-order valence-corrected chi connectivity index (χ3v) is 4.90. The monoisotopic (exact) mass is 248 g/mol. The van der Waals surface area contributed by atoms with Crippen LogP contribution in [0.3, 0.4) is 0 Å². The third kappa shape index (κ3) is 4.80. The fourth-order valence-corrected chi connectivity index (χ4v) is 4.01. The Morgan fingerprint density at radius 2 is 1.81 bits per heavy atom. The zero-order valence-electron chi connectivity index (χ0n) is 10.3. The molecule has 4 nitrogen and oxygen atoms in total. The number of sulfonamides is 1. The second kappa shape index (κ2) is 6.57. The number of piperidine rings is 1. The molecule has 1 saturated heterocycles. The fraction of sp³-hybridized carbons (Fsp3) is 1.00. The lowest BCUT2D eigenvalue weighted by Crippen LogP contribution is -2.44. The minimum absolute atomic E-state index is 0.139. The minimum atomic E-state index is -3.08. The molecule has 0 aliphatic carbocycles. The summed E-state index contributed by atoms with van der Waals surface area (Å²) < 4.78 is 26.6. The summed E-state index contributed by atoms with van der Waals surface area (Å²) in [4.78, 5) is 0. The SMILES string of the molecule is CCC(CC)CS(=O)(=O)NC1CCNCC1. The Morgan fingerprint density at radius 3 is 2.31 bits per heavy atom. The Labute approximate surface area is 99.2 Å². The standard InChI is InChI=1S/C11H24N2O2S/c1-3-10(4-2)9-16(14,15)13-11-5-7-12-8-6-11/h10-13H,3-9H2,1-2H3. The van der Waals surface area contributed by atoms with E-state index in [0.717, 1.165) is 38.8 Å². The lowest BCUT2D eigenvalue weighted by Gasteiger charge is -2.24. The zero-order valence-corrected chi connectivity index (χ0v) is 11.1. The quantitative estimate of drug-likeness (QED) is 0.740. The summed E-state index contributed by atoms with van der Waals surface area (Å²) >= 11 is 0. The molecule has 1 rings (SSSR count). The lowest BCUT2D eigenvalue weighted by molar-refractivity contribution is 0.423. The van der Waals surface area contributed by atoms with Gasteiger partial charge in [0, 0.05) is 6.04 Å². The summed E-state index contributed by atoms with van der Waals surface area (Å²) in [5, 5.41) is 3.23. The van der Waals surface area contributed by atoms with Crippen LogP contribution in [0, 0.1) is 5.92 Å². The van der Waals surface area contributed by atoms with Crippen LogP contribution in [0.15, 0.2) is 0 Å². The summed E-state index contributed by atoms with van der Waals surface area (Å²) in [6.07, 6.45) is 3.68. The average molecular weight is 248 g/mol. The molecule has 16 heavy (non-hydrogen) atoms. The first kappa shape index (κ1) is 13.9. The average Bonchev–Trinajstić information content (AvgIpc) is 2.26. The van der Waals surface area contributed by atoms with E-state index in [4.69, 9.17) is 0 Å². The Morgan fingerprint density at radius 1 is 1.25 bits per heavy atom. The Kier molecular flexibility index (Phi) is 5.72. The van der Waals surface area contributed by atoms with E-state index in [0.29, 0.717) is 5.92 Å². The van der Waals surface area contributed by atoms with Crippen LogP contribution in [0.1, 0.15) is 39.5 Å². The van der Waals surface area contributed by atoms with Gasteiger partial charge in [-0.15, -0.1) is 0 Å². The summed E-state index contributed by atoms with van der Waals surface area (Å²) in [7, 11) is -3.08. The van der Waals surface area contributed by atoms with E-state index >= 15 is 0 Å². The van der Waals surface area contributed by atoms with Gasteiger partial charge in [0.05, 0.1) is 5.75 Å². The van der Waals surface area contributed by atoms with Gasteiger partial charge in [-0.3, -0.25) is 0 Å². The van der Waals surface area contributed by atoms with Crippen molar-refractivity contribution in [2.24, 2.45) is 5.92 Å². The van der Waals surface area contributed by atoms with Gasteiger partial charge >= 0.3 is 0 Å². The van der Waals surface area contributed by atoms with Gasteiger partial charge in [-0.25, -0.2) is 13.1 Å². The van der Waals surface area contributed by atoms with Crippen LogP contribution in [-0.2, 0) is 10.0 Å². The highest BCUT2D eigenvalue weighted by Crippen LogP contribution is 2.12. The zero-order chi connectivity index (χ0) is 12.0. The molecule has 1 fully saturated rings. The molecule has 1 heterocycles. The maximum absolute atomic E-state index is 11.9. The van der Waals surface area contributed by atoms with Crippen molar-refractivity contribution >= 4 is 10.0 Å². The fourth-order valence-electron chi connectivity index (χ4n) is 2.08. The van der Waals surface area contributed by atoms with E-state index in [-0.39, 0.29) is 11.8 Å². The molecule has 0 aromatic carbocycles. The summed E-state index contributed by atoms with van der Waals surface area (Å²) in [5.74, 6) is 0.573. The van der Waals surface area contributed by atoms with Crippen molar-refractivity contribution in [1.29, 1.82) is 0 Å². The van der Waals surface area contributed by atoms with Crippen LogP contribution >= 0.6 is 0 Å². The molecule has 5 heteroatoms. The predicted octanol–water partition coefficient (Wildman–Crippen LogP) is 1.09. The van der Waals surface area contributed by atoms with E-state index in [1.807, 2.05) is 13.8 Å². The molecule has 96 valence electrons. The Bertz CT molecular complexity index is 280. The second-order valence-electron chi connectivity index (χ2n) is 4.61. The van der Waals surface area contributed by atoms with E-state index < -0.39 is 10.0 Å². The van der Waals surface area contributed by atoms with Gasteiger partial charge in [-0.2, -0.15) is 0 Å². The van der Waals surface area contributed by atoms with Gasteiger partial charge in [0.1, 0.15) is 0 Å². The van der Waals surface area contributed by atoms with E-state index in [1.54, 1.807) is 0 Å². The van der Waals surface area contributed by atoms with E-state index in [9.17, 15) is 8.42 Å². The highest BCUT2D eigenvalue weighted by atomic mass is 32.2. The van der Waals surface area contributed by atoms with E-state index in [1.165, 1.54) is 0 Å². The molecule has 1 aliphatic heterocycles. The number of hydrogen-bond acceptors (Lipinski definition) is 3. The number of hydrogen-bond donors (Lipinski definition) is 2. The predicted molar refractivity (Wildman–Crippen MR) is 66.9 cm³/mol. The van der Waals surface area contributed by atoms with Gasteiger partial charge in [-0.05, 0) is 31.8 Å². The normalized spacial score (nSPS) is 19.2. The molecule has 0 aromatic heterocycles.